The molecule has 0 aromatic heterocycles. The summed E-state index contributed by atoms with van der Waals surface area (Å²) in [4.78, 5) is 192. The van der Waals surface area contributed by atoms with E-state index in [9.17, 15) is 72.2 Å². The van der Waals surface area contributed by atoms with Crippen molar-refractivity contribution in [2.24, 2.45) is 23.1 Å². The van der Waals surface area contributed by atoms with Gasteiger partial charge in [0.05, 0.1) is 12.6 Å². The summed E-state index contributed by atoms with van der Waals surface area (Å²) in [5.41, 5.74) is 10.1. The first-order valence-corrected chi connectivity index (χ1v) is 32.8. The molecule has 0 radical (unpaired) electrons. The van der Waals surface area contributed by atoms with Crippen LogP contribution in [0.4, 0.5) is 0 Å². The molecule has 29 nitrogen and oxygen atoms in total. The lowest BCUT2D eigenvalue weighted by Crippen LogP contribution is -2.67. The van der Waals surface area contributed by atoms with Crippen molar-refractivity contribution in [1.29, 1.82) is 0 Å². The summed E-state index contributed by atoms with van der Waals surface area (Å²) in [5, 5.41) is 36.1. The molecule has 1 aromatic carbocycles. The number of carbonyl (C=O) groups excluding carboxylic acids is 14. The predicted octanol–water partition coefficient (Wildman–Crippen LogP) is 0.0937. The van der Waals surface area contributed by atoms with Gasteiger partial charge in [-0.25, -0.2) is 0 Å². The van der Waals surface area contributed by atoms with Crippen LogP contribution in [0.1, 0.15) is 204 Å². The second-order valence-corrected chi connectivity index (χ2v) is 26.5. The van der Waals surface area contributed by atoms with Crippen LogP contribution in [0.25, 0.3) is 0 Å². The topological polar surface area (TPSA) is 461 Å². The number of benzene rings is 1. The van der Waals surface area contributed by atoms with Gasteiger partial charge in [-0.05, 0) is 118 Å². The zero-order chi connectivity index (χ0) is 71.3. The molecule has 29 heteroatoms. The Hall–Kier alpha value is -8.24. The third-order valence-corrected chi connectivity index (χ3v) is 16.3. The zero-order valence-electron chi connectivity index (χ0n) is 57.2. The standard InChI is InChI=1S/C65H108N14O15/c1-13-16-17-18-22-27-51(84)75-64(11,12)61(94)79-35-23-26-47(79)57(90)72-46(37-41-24-20-19-21-25-41)56(89)77-62(7,8)58(91)73-44(29-32-49(67)82)54(87)71-45(30-33-50(68)83)55(88)76-63(9,10)59(92)78-65(15-3,34-14-2)60(93)74-43(28-31-48(66)81)53(86)69-40(6)52(85)70-42(38-80)36-39(4)5/h19-21,24-25,39-40,42-47,80H,13-18,22-23,26-38H2,1-12H3,(H2,66,81)(H2,67,82)(H2,68,83)(H,69,86)(H,70,85)(H,71,87)(H,72,90)(H,73,91)(H,74,93)(H,75,84)(H,76,88)(H,77,89)(H,78,92)/t40-,42-,43-,44-,45-,46-,47+,65-/m0/s1. The Morgan fingerprint density at radius 2 is 1.05 bits per heavy atom. The van der Waals surface area contributed by atoms with Crippen LogP contribution < -0.4 is 70.4 Å². The fourth-order valence-corrected chi connectivity index (χ4v) is 10.7. The van der Waals surface area contributed by atoms with Gasteiger partial charge in [-0.1, -0.05) is 97.1 Å². The third kappa shape index (κ3) is 27.4. The highest BCUT2D eigenvalue weighted by Crippen LogP contribution is 2.24. The Labute approximate surface area is 552 Å². The molecule has 1 aliphatic rings. The Bertz CT molecular complexity index is 2800. The molecule has 0 saturated carbocycles. The molecule has 1 saturated heterocycles. The Balaban J connectivity index is 2.41. The van der Waals surface area contributed by atoms with Gasteiger partial charge in [0.25, 0.3) is 0 Å². The molecular formula is C65H108N14O15. The molecule has 94 heavy (non-hydrogen) atoms. The van der Waals surface area contributed by atoms with Crippen molar-refractivity contribution in [2.75, 3.05) is 13.2 Å². The monoisotopic (exact) mass is 1320 g/mol. The van der Waals surface area contributed by atoms with E-state index < -0.39 is 167 Å². The van der Waals surface area contributed by atoms with E-state index in [0.29, 0.717) is 31.2 Å². The maximum absolute atomic E-state index is 14.4. The lowest BCUT2D eigenvalue weighted by Gasteiger charge is -2.37. The Morgan fingerprint density at radius 1 is 0.543 bits per heavy atom. The molecule has 2 rings (SSSR count). The van der Waals surface area contributed by atoms with Crippen LogP contribution in [0.2, 0.25) is 0 Å². The van der Waals surface area contributed by atoms with Gasteiger partial charge in [0.2, 0.25) is 82.7 Å². The number of hydrogen-bond acceptors (Lipinski definition) is 15. The number of likely N-dealkylation sites (tertiary alicyclic amines) is 1. The summed E-state index contributed by atoms with van der Waals surface area (Å²) in [5.74, 6) is -11.1. The van der Waals surface area contributed by atoms with Crippen molar-refractivity contribution < 1.29 is 72.2 Å². The maximum Gasteiger partial charge on any atom is 0.248 e. The average Bonchev–Trinajstić information content (AvgIpc) is 1.25. The number of hydrogen-bond donors (Lipinski definition) is 14. The summed E-state index contributed by atoms with van der Waals surface area (Å²) in [6.45, 7) is 18.8. The SMILES string of the molecule is CCCCCCCC(=O)NC(C)(C)C(=O)N1CCC[C@@H]1C(=O)N[C@@H](Cc1ccccc1)C(=O)NC(C)(C)C(=O)N[C@@H](CCC(N)=O)C(=O)N[C@@H](CCC(N)=O)C(=O)NC(C)(C)C(=O)N[C@@](CC)(CCC)C(=O)N[C@@H](CCC(N)=O)C(=O)N[C@@H](C)C(=O)N[C@H](CO)CC(C)C. The molecule has 528 valence electrons. The lowest BCUT2D eigenvalue weighted by molar-refractivity contribution is -0.145. The highest BCUT2D eigenvalue weighted by Gasteiger charge is 2.46. The number of unbranched alkanes of at least 4 members (excludes halogenated alkanes) is 4. The maximum atomic E-state index is 14.4. The van der Waals surface area contributed by atoms with Gasteiger partial charge < -0.3 is 80.4 Å². The molecule has 1 heterocycles. The van der Waals surface area contributed by atoms with Crippen LogP contribution in [-0.2, 0) is 73.5 Å². The predicted molar refractivity (Wildman–Crippen MR) is 350 cm³/mol. The number of nitrogens with zero attached hydrogens (tertiary/aromatic N) is 1. The number of nitrogens with one attached hydrogen (secondary N) is 10. The number of aliphatic hydroxyl groups excluding tert-OH is 1. The summed E-state index contributed by atoms with van der Waals surface area (Å²) in [7, 11) is 0. The van der Waals surface area contributed by atoms with Crippen LogP contribution in [0, 0.1) is 5.92 Å². The highest BCUT2D eigenvalue weighted by molar-refractivity contribution is 6.02. The summed E-state index contributed by atoms with van der Waals surface area (Å²) < 4.78 is 0. The molecule has 1 aromatic rings. The molecule has 8 atom stereocenters. The van der Waals surface area contributed by atoms with Crippen LogP contribution in [0.15, 0.2) is 30.3 Å². The van der Waals surface area contributed by atoms with Crippen LogP contribution in [0.3, 0.4) is 0 Å². The largest absolute Gasteiger partial charge is 0.394 e. The lowest BCUT2D eigenvalue weighted by atomic mass is 9.87. The second-order valence-electron chi connectivity index (χ2n) is 26.5. The minimum absolute atomic E-state index is 0.0159. The minimum Gasteiger partial charge on any atom is -0.394 e. The number of aliphatic hydroxyl groups is 1. The Kier molecular flexibility index (Phi) is 33.8. The molecule has 0 aliphatic carbocycles. The van der Waals surface area contributed by atoms with Crippen molar-refractivity contribution in [3.05, 3.63) is 35.9 Å². The van der Waals surface area contributed by atoms with Gasteiger partial charge >= 0.3 is 0 Å². The quantitative estimate of drug-likeness (QED) is 0.0386. The van der Waals surface area contributed by atoms with Gasteiger partial charge in [-0.2, -0.15) is 0 Å². The number of carbonyl (C=O) groups is 14. The van der Waals surface area contributed by atoms with E-state index in [2.05, 4.69) is 60.1 Å². The number of rotatable bonds is 43. The average molecular weight is 1330 g/mol. The number of amides is 14. The first-order valence-electron chi connectivity index (χ1n) is 32.8. The minimum atomic E-state index is -1.93. The van der Waals surface area contributed by atoms with E-state index in [0.717, 1.165) is 25.7 Å². The molecule has 0 spiro atoms. The Morgan fingerprint density at radius 3 is 1.56 bits per heavy atom. The fourth-order valence-electron chi connectivity index (χ4n) is 10.7. The summed E-state index contributed by atoms with van der Waals surface area (Å²) in [6, 6.07) is -0.231. The highest BCUT2D eigenvalue weighted by atomic mass is 16.3. The fraction of sp³-hybridized carbons (Fsp3) is 0.692. The van der Waals surface area contributed by atoms with E-state index in [-0.39, 0.29) is 69.9 Å². The van der Waals surface area contributed by atoms with Gasteiger partial charge in [0, 0.05) is 38.6 Å². The summed E-state index contributed by atoms with van der Waals surface area (Å²) in [6.07, 6.45) is 3.63. The number of nitrogens with two attached hydrogens (primary N) is 3. The summed E-state index contributed by atoms with van der Waals surface area (Å²) >= 11 is 0. The van der Waals surface area contributed by atoms with E-state index in [1.54, 1.807) is 58.0 Å². The van der Waals surface area contributed by atoms with Gasteiger partial charge in [-0.3, -0.25) is 67.1 Å². The molecule has 0 bridgehead atoms. The van der Waals surface area contributed by atoms with E-state index >= 15 is 0 Å². The van der Waals surface area contributed by atoms with E-state index in [4.69, 9.17) is 17.2 Å². The molecule has 1 fully saturated rings. The molecule has 14 amide bonds. The number of primary amides is 3. The molecule has 0 unspecified atom stereocenters. The van der Waals surface area contributed by atoms with Crippen molar-refractivity contribution in [3.8, 4) is 0 Å². The molecular weight excluding hydrogens is 1220 g/mol. The van der Waals surface area contributed by atoms with Crippen molar-refractivity contribution >= 4 is 82.7 Å². The zero-order valence-corrected chi connectivity index (χ0v) is 57.2. The smallest absolute Gasteiger partial charge is 0.248 e. The van der Waals surface area contributed by atoms with Gasteiger partial charge in [0.1, 0.15) is 58.4 Å². The van der Waals surface area contributed by atoms with Crippen molar-refractivity contribution in [2.45, 2.75) is 270 Å². The first kappa shape index (κ1) is 81.9. The van der Waals surface area contributed by atoms with Crippen molar-refractivity contribution in [1.82, 2.24) is 58.1 Å². The molecule has 1 aliphatic heterocycles. The van der Waals surface area contributed by atoms with Crippen LogP contribution in [-0.4, -0.2) is 170 Å². The molecule has 17 N–H and O–H groups in total. The van der Waals surface area contributed by atoms with Crippen LogP contribution in [0.5, 0.6) is 0 Å². The van der Waals surface area contributed by atoms with Crippen LogP contribution >= 0.6 is 0 Å². The van der Waals surface area contributed by atoms with Gasteiger partial charge in [-0.15, -0.1) is 0 Å². The van der Waals surface area contributed by atoms with Crippen molar-refractivity contribution in [3.63, 3.8) is 0 Å². The second kappa shape index (κ2) is 38.8. The third-order valence-electron chi connectivity index (χ3n) is 16.3. The first-order chi connectivity index (χ1) is 43.9. The van der Waals surface area contributed by atoms with Gasteiger partial charge in [0.15, 0.2) is 0 Å². The van der Waals surface area contributed by atoms with E-state index in [1.165, 1.54) is 39.5 Å². The van der Waals surface area contributed by atoms with E-state index in [1.807, 2.05) is 13.8 Å². The normalized spacial score (nSPS) is 15.8.